The Kier molecular flexibility index (Phi) is 16.3. The van der Waals surface area contributed by atoms with E-state index in [1.165, 1.54) is 0 Å². The van der Waals surface area contributed by atoms with Crippen molar-refractivity contribution in [2.45, 2.75) is 138 Å². The standard InChI is InChI=1S/C45H54Cl3N3O12/c1-26-21-56-40(27(2)34(26)54-23-30-17-11-7-12-18-30)59-35-28(3)57-42(39-37(35)62-44(4,5)63-39)60-38-36(55-24-31-19-13-8-14-20-31)33(50-51-49)32(25-53-22-29-15-9-6-10-16-29)58-41(38)61-43(52)45(46,47)48/h6-20,26-28,32-42H,21-25H2,1-5H3/t26-,27?,28?,32-,33?,34?,35+,36?,37?,38?,39?,40+,41-,42+/m1/s1. The topological polar surface area (TPSA) is 167 Å². The van der Waals surface area contributed by atoms with Gasteiger partial charge in [-0.3, -0.25) is 0 Å². The highest BCUT2D eigenvalue weighted by atomic mass is 35.6. The molecule has 0 aliphatic carbocycles. The van der Waals surface area contributed by atoms with Gasteiger partial charge in [0, 0.05) is 16.7 Å². The Morgan fingerprint density at radius 3 is 1.89 bits per heavy atom. The van der Waals surface area contributed by atoms with Crippen LogP contribution in [0.3, 0.4) is 0 Å². The van der Waals surface area contributed by atoms with Crippen molar-refractivity contribution in [3.05, 3.63) is 118 Å². The number of benzene rings is 3. The third-order valence-corrected chi connectivity index (χ3v) is 11.9. The number of rotatable bonds is 16. The van der Waals surface area contributed by atoms with Crippen molar-refractivity contribution in [3.8, 4) is 0 Å². The molecule has 0 radical (unpaired) electrons. The van der Waals surface area contributed by atoms with E-state index in [9.17, 15) is 10.3 Å². The Labute approximate surface area is 382 Å². The quantitative estimate of drug-likeness (QED) is 0.0444. The van der Waals surface area contributed by atoms with Gasteiger partial charge in [-0.25, -0.2) is 4.79 Å². The summed E-state index contributed by atoms with van der Waals surface area (Å²) in [4.78, 5) is 16.4. The Morgan fingerprint density at radius 2 is 1.30 bits per heavy atom. The first-order valence-electron chi connectivity index (χ1n) is 21.0. The summed E-state index contributed by atoms with van der Waals surface area (Å²) >= 11 is 18.1. The summed E-state index contributed by atoms with van der Waals surface area (Å²) in [6.45, 7) is 10.5. The van der Waals surface area contributed by atoms with E-state index in [1.807, 2.05) is 105 Å². The van der Waals surface area contributed by atoms with Gasteiger partial charge in [-0.15, -0.1) is 0 Å². The molecule has 3 aromatic carbocycles. The van der Waals surface area contributed by atoms with E-state index in [-0.39, 0.29) is 37.8 Å². The van der Waals surface area contributed by atoms with Crippen LogP contribution in [0.25, 0.3) is 10.4 Å². The van der Waals surface area contributed by atoms with E-state index in [2.05, 4.69) is 16.9 Å². The highest BCUT2D eigenvalue weighted by molar-refractivity contribution is 6.75. The van der Waals surface area contributed by atoms with E-state index in [1.54, 1.807) is 13.8 Å². The van der Waals surface area contributed by atoms with Gasteiger partial charge in [-0.2, -0.15) is 0 Å². The van der Waals surface area contributed by atoms with E-state index >= 15 is 0 Å². The molecule has 8 unspecified atom stereocenters. The lowest BCUT2D eigenvalue weighted by Gasteiger charge is -2.48. The number of azide groups is 1. The monoisotopic (exact) mass is 933 g/mol. The second-order valence-electron chi connectivity index (χ2n) is 16.7. The van der Waals surface area contributed by atoms with Crippen LogP contribution in [0.4, 0.5) is 0 Å². The van der Waals surface area contributed by atoms with Crippen LogP contribution in [-0.2, 0) is 76.7 Å². The second-order valence-corrected chi connectivity index (χ2v) is 19.0. The maximum Gasteiger partial charge on any atom is 0.360 e. The van der Waals surface area contributed by atoms with Crippen LogP contribution in [-0.4, -0.2) is 103 Å². The first-order chi connectivity index (χ1) is 30.2. The van der Waals surface area contributed by atoms with E-state index in [4.69, 9.17) is 86.9 Å². The normalized spacial score (nSPS) is 34.1. The number of carbonyl (C=O) groups excluding carboxylic acids is 1. The number of carbonyl (C=O) groups is 1. The van der Waals surface area contributed by atoms with Gasteiger partial charge in [-0.05, 0) is 43.0 Å². The lowest BCUT2D eigenvalue weighted by atomic mass is 9.90. The molecular weight excluding hydrogens is 881 g/mol. The fourth-order valence-electron chi connectivity index (χ4n) is 8.40. The van der Waals surface area contributed by atoms with Gasteiger partial charge in [0.25, 0.3) is 3.79 Å². The fraction of sp³-hybridized carbons (Fsp3) is 0.578. The summed E-state index contributed by atoms with van der Waals surface area (Å²) < 4.78 is 68.2. The minimum Gasteiger partial charge on any atom is -0.430 e. The predicted octanol–water partition coefficient (Wildman–Crippen LogP) is 8.36. The molecule has 4 aliphatic rings. The van der Waals surface area contributed by atoms with Crippen molar-refractivity contribution < 1.29 is 56.9 Å². The zero-order chi connectivity index (χ0) is 44.7. The number of esters is 1. The highest BCUT2D eigenvalue weighted by Crippen LogP contribution is 2.43. The van der Waals surface area contributed by atoms with Crippen LogP contribution in [0, 0.1) is 11.8 Å². The number of hydrogen-bond acceptors (Lipinski definition) is 13. The van der Waals surface area contributed by atoms with Crippen molar-refractivity contribution in [3.63, 3.8) is 0 Å². The van der Waals surface area contributed by atoms with Crippen molar-refractivity contribution in [2.24, 2.45) is 17.0 Å². The molecule has 0 aromatic heterocycles. The molecule has 0 spiro atoms. The molecule has 18 heteroatoms. The van der Waals surface area contributed by atoms with Gasteiger partial charge in [0.05, 0.1) is 57.4 Å². The Balaban J connectivity index is 1.15. The first-order valence-corrected chi connectivity index (χ1v) is 22.2. The third-order valence-electron chi connectivity index (χ3n) is 11.4. The number of halogens is 3. The molecule has 342 valence electrons. The fourth-order valence-corrected chi connectivity index (χ4v) is 8.53. The number of fused-ring (bicyclic) bond motifs is 1. The van der Waals surface area contributed by atoms with Crippen LogP contribution in [0.1, 0.15) is 51.3 Å². The summed E-state index contributed by atoms with van der Waals surface area (Å²) in [7, 11) is 0. The minimum atomic E-state index is -2.49. The molecule has 4 fully saturated rings. The van der Waals surface area contributed by atoms with Gasteiger partial charge in [0.15, 0.2) is 18.4 Å². The average molecular weight is 935 g/mol. The Morgan fingerprint density at radius 1 is 0.746 bits per heavy atom. The van der Waals surface area contributed by atoms with Crippen molar-refractivity contribution >= 4 is 40.8 Å². The van der Waals surface area contributed by atoms with Crippen molar-refractivity contribution in [1.29, 1.82) is 0 Å². The van der Waals surface area contributed by atoms with E-state index in [0.29, 0.717) is 13.2 Å². The van der Waals surface area contributed by atoms with Crippen LogP contribution >= 0.6 is 34.8 Å². The summed E-state index contributed by atoms with van der Waals surface area (Å²) in [5.41, 5.74) is 12.7. The third kappa shape index (κ3) is 12.2. The Bertz CT molecular complexity index is 1960. The minimum absolute atomic E-state index is 0.0380. The van der Waals surface area contributed by atoms with Crippen LogP contribution in [0.2, 0.25) is 0 Å². The predicted molar refractivity (Wildman–Crippen MR) is 230 cm³/mol. The zero-order valence-corrected chi connectivity index (χ0v) is 37.9. The second kappa shape index (κ2) is 21.5. The summed E-state index contributed by atoms with van der Waals surface area (Å²) in [5, 5.41) is 4.13. The van der Waals surface area contributed by atoms with Crippen molar-refractivity contribution in [1.82, 2.24) is 0 Å². The largest absolute Gasteiger partial charge is 0.430 e. The van der Waals surface area contributed by atoms with Crippen LogP contribution in [0.5, 0.6) is 0 Å². The molecule has 14 atom stereocenters. The summed E-state index contributed by atoms with van der Waals surface area (Å²) in [6.07, 6.45) is -10.2. The van der Waals surface area contributed by atoms with Gasteiger partial charge in [0.2, 0.25) is 6.29 Å². The molecule has 4 heterocycles. The van der Waals surface area contributed by atoms with Gasteiger partial charge < -0.3 is 52.1 Å². The van der Waals surface area contributed by atoms with Crippen LogP contribution < -0.4 is 0 Å². The van der Waals surface area contributed by atoms with E-state index < -0.39 is 83.2 Å². The smallest absolute Gasteiger partial charge is 0.360 e. The average Bonchev–Trinajstić information content (AvgIpc) is 3.59. The maximum absolute atomic E-state index is 13.3. The number of alkyl halides is 3. The highest BCUT2D eigenvalue weighted by Gasteiger charge is 2.59. The summed E-state index contributed by atoms with van der Waals surface area (Å²) in [5.74, 6) is -2.40. The molecule has 15 nitrogen and oxygen atoms in total. The molecule has 7 rings (SSSR count). The number of ether oxygens (including phenoxy) is 11. The molecule has 0 N–H and O–H groups in total. The number of hydrogen-bond donors (Lipinski definition) is 0. The molecule has 0 bridgehead atoms. The molecule has 0 amide bonds. The van der Waals surface area contributed by atoms with E-state index in [0.717, 1.165) is 16.7 Å². The molecule has 0 saturated carbocycles. The lowest BCUT2D eigenvalue weighted by molar-refractivity contribution is -0.358. The van der Waals surface area contributed by atoms with Gasteiger partial charge in [-0.1, -0.05) is 145 Å². The maximum atomic E-state index is 13.3. The first kappa shape index (κ1) is 47.9. The molecular formula is C45H54Cl3N3O12. The SMILES string of the molecule is CC1C(OCc2ccccc2)[C@H](C)CO[C@H]1O[C@H]1C(C)O[C@@H](OC2C(OCc3ccccc3)C(N=[N+]=[N-])[C@@H](COCc3ccccc3)O[C@@H]2OC(=O)C(Cl)(Cl)Cl)C2OC(C)(C)OC21. The molecule has 4 saturated heterocycles. The van der Waals surface area contributed by atoms with Gasteiger partial charge >= 0.3 is 5.97 Å². The molecule has 4 aliphatic heterocycles. The summed E-state index contributed by atoms with van der Waals surface area (Å²) in [6, 6.07) is 27.7. The number of nitrogens with zero attached hydrogens (tertiary/aromatic N) is 3. The van der Waals surface area contributed by atoms with Crippen LogP contribution in [0.15, 0.2) is 96.1 Å². The lowest BCUT2D eigenvalue weighted by Crippen LogP contribution is -2.64. The Hall–Kier alpha value is -3.09. The van der Waals surface area contributed by atoms with Crippen molar-refractivity contribution in [2.75, 3.05) is 13.2 Å². The molecule has 3 aromatic rings. The zero-order valence-electron chi connectivity index (χ0n) is 35.7. The van der Waals surface area contributed by atoms with Gasteiger partial charge in [0.1, 0.15) is 30.5 Å². The molecule has 63 heavy (non-hydrogen) atoms.